The van der Waals surface area contributed by atoms with Gasteiger partial charge < -0.3 is 0 Å². The molecule has 0 atom stereocenters. The molecule has 1 rings (SSSR count). The molecule has 2 nitrogen and oxygen atoms in total. The molecule has 0 saturated carbocycles. The monoisotopic (exact) mass is 156 g/mol. The van der Waals surface area contributed by atoms with Gasteiger partial charge in [-0.05, 0) is 18.8 Å². The summed E-state index contributed by atoms with van der Waals surface area (Å²) in [6.07, 6.45) is 12.0. The Morgan fingerprint density at radius 3 is 1.90 bits per heavy atom. The molecule has 56 valence electrons. The van der Waals surface area contributed by atoms with Gasteiger partial charge in [0, 0.05) is 17.3 Å². The average Bonchev–Trinajstić information content (AvgIpc) is 1.88. The number of nitrogens with zero attached hydrogens (tertiary/aromatic N) is 2. The molecule has 0 aliphatic heterocycles. The highest BCUT2D eigenvalue weighted by atomic mass is 32.3. The van der Waals surface area contributed by atoms with Gasteiger partial charge >= 0.3 is 0 Å². The maximum absolute atomic E-state index is 3.96. The number of rotatable bonds is 1. The summed E-state index contributed by atoms with van der Waals surface area (Å²) in [6, 6.07) is 0. The van der Waals surface area contributed by atoms with Crippen LogP contribution in [0.15, 0.2) is 23.6 Å². The van der Waals surface area contributed by atoms with Crippen LogP contribution in [0.25, 0.3) is 0 Å². The van der Waals surface area contributed by atoms with Gasteiger partial charge in [0.1, 0.15) is 6.33 Å². The minimum atomic E-state index is -0.628. The molecule has 0 saturated heterocycles. The van der Waals surface area contributed by atoms with Crippen molar-refractivity contribution < 1.29 is 0 Å². The zero-order valence-electron chi connectivity index (χ0n) is 6.53. The Balaban J connectivity index is 2.97. The molecule has 0 aliphatic carbocycles. The van der Waals surface area contributed by atoms with Crippen molar-refractivity contribution in [2.45, 2.75) is 4.90 Å². The molecule has 1 aromatic rings. The van der Waals surface area contributed by atoms with Gasteiger partial charge in [0.05, 0.1) is 0 Å². The zero-order valence-corrected chi connectivity index (χ0v) is 7.35. The lowest BCUT2D eigenvalue weighted by Gasteiger charge is -2.23. The molecule has 0 fully saturated rings. The second-order valence-corrected chi connectivity index (χ2v) is 7.06. The van der Waals surface area contributed by atoms with Gasteiger partial charge in [-0.1, -0.05) is 0 Å². The minimum absolute atomic E-state index is 0.628. The van der Waals surface area contributed by atoms with E-state index in [0.717, 1.165) is 0 Å². The van der Waals surface area contributed by atoms with Crippen molar-refractivity contribution in [3.05, 3.63) is 18.7 Å². The van der Waals surface area contributed by atoms with Crippen molar-refractivity contribution >= 4 is 10.0 Å². The molecule has 0 N–H and O–H groups in total. The van der Waals surface area contributed by atoms with E-state index in [-0.39, 0.29) is 0 Å². The lowest BCUT2D eigenvalue weighted by Crippen LogP contribution is -1.93. The van der Waals surface area contributed by atoms with E-state index in [1.165, 1.54) is 4.90 Å². The van der Waals surface area contributed by atoms with Gasteiger partial charge in [0.25, 0.3) is 0 Å². The highest BCUT2D eigenvalue weighted by Gasteiger charge is 2.06. The van der Waals surface area contributed by atoms with Crippen LogP contribution in [0.5, 0.6) is 0 Å². The van der Waals surface area contributed by atoms with Crippen LogP contribution in [0.2, 0.25) is 0 Å². The second kappa shape index (κ2) is 2.58. The van der Waals surface area contributed by atoms with Crippen molar-refractivity contribution in [3.8, 4) is 0 Å². The van der Waals surface area contributed by atoms with E-state index in [0.29, 0.717) is 0 Å². The lowest BCUT2D eigenvalue weighted by molar-refractivity contribution is 1.09. The van der Waals surface area contributed by atoms with Crippen molar-refractivity contribution in [1.29, 1.82) is 0 Å². The van der Waals surface area contributed by atoms with Crippen molar-refractivity contribution in [2.75, 3.05) is 18.8 Å². The molecule has 0 aliphatic rings. The molecule has 0 spiro atoms. The van der Waals surface area contributed by atoms with E-state index in [1.807, 2.05) is 12.4 Å². The van der Waals surface area contributed by atoms with E-state index >= 15 is 0 Å². The molecule has 1 heterocycles. The van der Waals surface area contributed by atoms with E-state index in [1.54, 1.807) is 6.33 Å². The summed E-state index contributed by atoms with van der Waals surface area (Å²) in [4.78, 5) is 9.18. The summed E-state index contributed by atoms with van der Waals surface area (Å²) in [5.41, 5.74) is 0. The largest absolute Gasteiger partial charge is 0.244 e. The normalized spacial score (nSPS) is 13.1. The van der Waals surface area contributed by atoms with Crippen LogP contribution in [0.3, 0.4) is 0 Å². The summed E-state index contributed by atoms with van der Waals surface area (Å²) in [5.74, 6) is 0. The fourth-order valence-electron chi connectivity index (χ4n) is 0.602. The first kappa shape index (κ1) is 7.54. The molecule has 3 heteroatoms. The fourth-order valence-corrected chi connectivity index (χ4v) is 1.36. The van der Waals surface area contributed by atoms with Gasteiger partial charge in [-0.15, -0.1) is 0 Å². The molecular weight excluding hydrogens is 144 g/mol. The SMILES string of the molecule is CS(C)(C)c1cncnc1. The highest BCUT2D eigenvalue weighted by Crippen LogP contribution is 2.43. The third-order valence-electron chi connectivity index (χ3n) is 1.24. The van der Waals surface area contributed by atoms with Crippen LogP contribution in [-0.4, -0.2) is 28.7 Å². The van der Waals surface area contributed by atoms with Crippen LogP contribution in [0.4, 0.5) is 0 Å². The van der Waals surface area contributed by atoms with E-state index in [2.05, 4.69) is 28.7 Å². The summed E-state index contributed by atoms with van der Waals surface area (Å²) in [6.45, 7) is 0. The van der Waals surface area contributed by atoms with Crippen molar-refractivity contribution in [3.63, 3.8) is 0 Å². The van der Waals surface area contributed by atoms with Gasteiger partial charge in [-0.25, -0.2) is 20.0 Å². The van der Waals surface area contributed by atoms with E-state index in [4.69, 9.17) is 0 Å². The quantitative estimate of drug-likeness (QED) is 0.616. The van der Waals surface area contributed by atoms with Crippen LogP contribution in [-0.2, 0) is 0 Å². The molecule has 0 aromatic carbocycles. The molecule has 10 heavy (non-hydrogen) atoms. The van der Waals surface area contributed by atoms with Gasteiger partial charge in [-0.2, -0.15) is 0 Å². The summed E-state index contributed by atoms with van der Waals surface area (Å²) < 4.78 is 0. The maximum atomic E-state index is 3.96. The fraction of sp³-hybridized carbons (Fsp3) is 0.429. The molecular formula is C7H12N2S. The molecule has 0 radical (unpaired) electrons. The van der Waals surface area contributed by atoms with Crippen molar-refractivity contribution in [2.24, 2.45) is 0 Å². The van der Waals surface area contributed by atoms with Crippen LogP contribution in [0, 0.1) is 0 Å². The maximum Gasteiger partial charge on any atom is 0.115 e. The predicted molar refractivity (Wildman–Crippen MR) is 45.7 cm³/mol. The summed E-state index contributed by atoms with van der Waals surface area (Å²) >= 11 is 0. The second-order valence-electron chi connectivity index (χ2n) is 2.91. The Kier molecular flexibility index (Phi) is 1.94. The highest BCUT2D eigenvalue weighted by molar-refractivity contribution is 8.32. The topological polar surface area (TPSA) is 25.8 Å². The average molecular weight is 156 g/mol. The van der Waals surface area contributed by atoms with E-state index in [9.17, 15) is 0 Å². The van der Waals surface area contributed by atoms with E-state index < -0.39 is 10.0 Å². The van der Waals surface area contributed by atoms with Gasteiger partial charge in [-0.3, -0.25) is 0 Å². The summed E-state index contributed by atoms with van der Waals surface area (Å²) in [7, 11) is -0.628. The first-order chi connectivity index (χ1) is 4.61. The number of hydrogen-bond donors (Lipinski definition) is 0. The lowest BCUT2D eigenvalue weighted by atomic mass is 10.7. The molecule has 1 aromatic heterocycles. The third-order valence-corrected chi connectivity index (χ3v) is 2.87. The number of hydrogen-bond acceptors (Lipinski definition) is 2. The summed E-state index contributed by atoms with van der Waals surface area (Å²) in [5, 5.41) is 0. The Hall–Kier alpha value is -0.570. The van der Waals surface area contributed by atoms with Crippen LogP contribution >= 0.6 is 10.0 Å². The van der Waals surface area contributed by atoms with Gasteiger partial charge in [0.2, 0.25) is 0 Å². The minimum Gasteiger partial charge on any atom is -0.244 e. The molecule has 0 unspecified atom stereocenters. The molecule has 0 bridgehead atoms. The van der Waals surface area contributed by atoms with Crippen LogP contribution < -0.4 is 0 Å². The third kappa shape index (κ3) is 1.70. The van der Waals surface area contributed by atoms with Crippen molar-refractivity contribution in [1.82, 2.24) is 9.97 Å². The van der Waals surface area contributed by atoms with Gasteiger partial charge in [0.15, 0.2) is 0 Å². The smallest absolute Gasteiger partial charge is 0.115 e. The first-order valence-corrected chi connectivity index (χ1v) is 5.90. The standard InChI is InChI=1S/C7H12N2S/c1-10(2,3)7-4-8-6-9-5-7/h4-6H,1-3H3. The Bertz CT molecular complexity index is 203. The van der Waals surface area contributed by atoms with Crippen LogP contribution in [0.1, 0.15) is 0 Å². The number of aromatic nitrogens is 2. The zero-order chi connectivity index (χ0) is 7.61. The Labute approximate surface area is 63.0 Å². The first-order valence-electron chi connectivity index (χ1n) is 3.04. The predicted octanol–water partition coefficient (Wildman–Crippen LogP) is 1.53. The Morgan fingerprint density at radius 1 is 1.10 bits per heavy atom. The molecule has 0 amide bonds. The Morgan fingerprint density at radius 2 is 1.60 bits per heavy atom.